The van der Waals surface area contributed by atoms with Crippen LogP contribution in [0.3, 0.4) is 0 Å². The standard InChI is InChI=1S/C19H24N2O4S/c1-25-19(22)18-16(12-13-6-4-3-5-7-13)17(20-21-18)14-8-10-15(11-9-14)26(2,23)24/h8-11,13H,3-7,12H2,1-2H3,(H,20,21). The molecule has 140 valence electrons. The number of aromatic nitrogens is 2. The molecule has 0 unspecified atom stereocenters. The zero-order valence-electron chi connectivity index (χ0n) is 15.1. The minimum absolute atomic E-state index is 0.263. The Balaban J connectivity index is 1.97. The van der Waals surface area contributed by atoms with Crippen LogP contribution in [0.15, 0.2) is 29.2 Å². The van der Waals surface area contributed by atoms with Crippen LogP contribution in [0.1, 0.15) is 48.2 Å². The Morgan fingerprint density at radius 3 is 2.42 bits per heavy atom. The second-order valence-electron chi connectivity index (χ2n) is 6.92. The number of carbonyl (C=O) groups is 1. The van der Waals surface area contributed by atoms with E-state index < -0.39 is 15.8 Å². The van der Waals surface area contributed by atoms with E-state index in [9.17, 15) is 13.2 Å². The molecule has 0 atom stereocenters. The molecule has 0 amide bonds. The molecule has 1 aliphatic carbocycles. The number of H-pyrrole nitrogens is 1. The van der Waals surface area contributed by atoms with Crippen molar-refractivity contribution in [2.75, 3.05) is 13.4 Å². The first-order chi connectivity index (χ1) is 12.4. The van der Waals surface area contributed by atoms with Gasteiger partial charge in [0.25, 0.3) is 0 Å². The molecule has 1 aromatic heterocycles. The van der Waals surface area contributed by atoms with Gasteiger partial charge >= 0.3 is 5.97 Å². The van der Waals surface area contributed by atoms with Gasteiger partial charge in [0.1, 0.15) is 5.69 Å². The summed E-state index contributed by atoms with van der Waals surface area (Å²) in [5, 5.41) is 7.15. The van der Waals surface area contributed by atoms with E-state index >= 15 is 0 Å². The van der Waals surface area contributed by atoms with Crippen molar-refractivity contribution in [3.05, 3.63) is 35.5 Å². The molecule has 1 N–H and O–H groups in total. The molecule has 7 heteroatoms. The number of nitrogens with one attached hydrogen (secondary N) is 1. The lowest BCUT2D eigenvalue weighted by molar-refractivity contribution is 0.0592. The van der Waals surface area contributed by atoms with Gasteiger partial charge in [0, 0.05) is 17.4 Å². The number of ether oxygens (including phenoxy) is 1. The Labute approximate surface area is 153 Å². The third-order valence-corrected chi connectivity index (χ3v) is 6.16. The Kier molecular flexibility index (Phi) is 5.46. The zero-order chi connectivity index (χ0) is 18.7. The average molecular weight is 376 g/mol. The Morgan fingerprint density at radius 1 is 1.19 bits per heavy atom. The lowest BCUT2D eigenvalue weighted by Crippen LogP contribution is -2.13. The van der Waals surface area contributed by atoms with Crippen LogP contribution in [0.2, 0.25) is 0 Å². The minimum Gasteiger partial charge on any atom is -0.464 e. The second kappa shape index (κ2) is 7.61. The normalized spacial score (nSPS) is 15.8. The first kappa shape index (κ1) is 18.6. The van der Waals surface area contributed by atoms with Crippen molar-refractivity contribution in [1.82, 2.24) is 10.2 Å². The Hall–Kier alpha value is -2.15. The molecular formula is C19H24N2O4S. The van der Waals surface area contributed by atoms with Crippen molar-refractivity contribution in [3.8, 4) is 11.3 Å². The summed E-state index contributed by atoms with van der Waals surface area (Å²) in [6.07, 6.45) is 7.95. The number of aromatic amines is 1. The van der Waals surface area contributed by atoms with Crippen LogP contribution in [0.5, 0.6) is 0 Å². The summed E-state index contributed by atoms with van der Waals surface area (Å²) >= 11 is 0. The van der Waals surface area contributed by atoms with Crippen LogP contribution < -0.4 is 0 Å². The Morgan fingerprint density at radius 2 is 1.85 bits per heavy atom. The highest BCUT2D eigenvalue weighted by Gasteiger charge is 2.24. The fourth-order valence-electron chi connectivity index (χ4n) is 3.61. The maximum absolute atomic E-state index is 12.1. The fourth-order valence-corrected chi connectivity index (χ4v) is 4.24. The fraction of sp³-hybridized carbons (Fsp3) is 0.474. The minimum atomic E-state index is -3.25. The van der Waals surface area contributed by atoms with Gasteiger partial charge in [-0.1, -0.05) is 44.2 Å². The molecule has 0 bridgehead atoms. The van der Waals surface area contributed by atoms with Gasteiger partial charge in [-0.3, -0.25) is 5.10 Å². The number of nitrogens with zero attached hydrogens (tertiary/aromatic N) is 1. The smallest absolute Gasteiger partial charge is 0.356 e. The third-order valence-electron chi connectivity index (χ3n) is 5.03. The van der Waals surface area contributed by atoms with E-state index in [1.54, 1.807) is 24.3 Å². The highest BCUT2D eigenvalue weighted by atomic mass is 32.2. The molecule has 1 fully saturated rings. The largest absolute Gasteiger partial charge is 0.464 e. The van der Waals surface area contributed by atoms with Crippen molar-refractivity contribution in [2.24, 2.45) is 5.92 Å². The second-order valence-corrected chi connectivity index (χ2v) is 8.94. The van der Waals surface area contributed by atoms with E-state index in [0.717, 1.165) is 30.4 Å². The summed E-state index contributed by atoms with van der Waals surface area (Å²) in [4.78, 5) is 12.4. The summed E-state index contributed by atoms with van der Waals surface area (Å²) in [5.74, 6) is 0.0983. The van der Waals surface area contributed by atoms with Crippen LogP contribution in [0.4, 0.5) is 0 Å². The number of rotatable bonds is 5. The third kappa shape index (κ3) is 3.98. The lowest BCUT2D eigenvalue weighted by Gasteiger charge is -2.21. The van der Waals surface area contributed by atoms with Gasteiger partial charge in [-0.25, -0.2) is 13.2 Å². The zero-order valence-corrected chi connectivity index (χ0v) is 15.9. The SMILES string of the molecule is COC(=O)c1[nH]nc(-c2ccc(S(C)(=O)=O)cc2)c1CC1CCCCC1. The molecule has 3 rings (SSSR count). The number of benzene rings is 1. The number of hydrogen-bond donors (Lipinski definition) is 1. The predicted octanol–water partition coefficient (Wildman–Crippen LogP) is 3.39. The van der Waals surface area contributed by atoms with E-state index in [-0.39, 0.29) is 4.90 Å². The summed E-state index contributed by atoms with van der Waals surface area (Å²) in [6.45, 7) is 0. The summed E-state index contributed by atoms with van der Waals surface area (Å²) < 4.78 is 28.2. The van der Waals surface area contributed by atoms with E-state index in [2.05, 4.69) is 10.2 Å². The van der Waals surface area contributed by atoms with Gasteiger partial charge in [0.05, 0.1) is 17.7 Å². The van der Waals surface area contributed by atoms with Crippen LogP contribution >= 0.6 is 0 Å². The molecule has 1 aliphatic rings. The first-order valence-electron chi connectivity index (χ1n) is 8.86. The summed E-state index contributed by atoms with van der Waals surface area (Å²) in [7, 11) is -1.89. The van der Waals surface area contributed by atoms with E-state index in [4.69, 9.17) is 4.74 Å². The predicted molar refractivity (Wildman–Crippen MR) is 98.8 cm³/mol. The van der Waals surface area contributed by atoms with Crippen molar-refractivity contribution in [3.63, 3.8) is 0 Å². The lowest BCUT2D eigenvalue weighted by atomic mass is 9.84. The first-order valence-corrected chi connectivity index (χ1v) is 10.8. The van der Waals surface area contributed by atoms with Crippen molar-refractivity contribution in [1.29, 1.82) is 0 Å². The molecule has 1 aromatic carbocycles. The number of sulfone groups is 1. The van der Waals surface area contributed by atoms with E-state index in [0.29, 0.717) is 17.3 Å². The number of methoxy groups -OCH3 is 1. The molecule has 0 aliphatic heterocycles. The van der Waals surface area contributed by atoms with Crippen LogP contribution in [0.25, 0.3) is 11.3 Å². The number of carbonyl (C=O) groups excluding carboxylic acids is 1. The van der Waals surface area contributed by atoms with Gasteiger partial charge in [0.15, 0.2) is 9.84 Å². The molecular weight excluding hydrogens is 352 g/mol. The highest BCUT2D eigenvalue weighted by molar-refractivity contribution is 7.90. The number of esters is 1. The maximum atomic E-state index is 12.1. The van der Waals surface area contributed by atoms with Crippen molar-refractivity contribution in [2.45, 2.75) is 43.4 Å². The molecule has 0 radical (unpaired) electrons. The molecule has 26 heavy (non-hydrogen) atoms. The summed E-state index contributed by atoms with van der Waals surface area (Å²) in [6, 6.07) is 6.61. The van der Waals surface area contributed by atoms with Crippen molar-refractivity contribution < 1.29 is 17.9 Å². The molecule has 6 nitrogen and oxygen atoms in total. The Bertz CT molecular complexity index is 879. The van der Waals surface area contributed by atoms with Crippen LogP contribution in [-0.2, 0) is 21.0 Å². The molecule has 0 spiro atoms. The monoisotopic (exact) mass is 376 g/mol. The van der Waals surface area contributed by atoms with Crippen LogP contribution in [0, 0.1) is 5.92 Å². The topological polar surface area (TPSA) is 89.1 Å². The quantitative estimate of drug-likeness (QED) is 0.808. The van der Waals surface area contributed by atoms with Gasteiger partial charge in [0.2, 0.25) is 0 Å². The van der Waals surface area contributed by atoms with Gasteiger partial charge in [-0.05, 0) is 24.5 Å². The summed E-state index contributed by atoms with van der Waals surface area (Å²) in [5.41, 5.74) is 2.72. The molecule has 1 heterocycles. The highest BCUT2D eigenvalue weighted by Crippen LogP contribution is 2.32. The van der Waals surface area contributed by atoms with Crippen molar-refractivity contribution >= 4 is 15.8 Å². The van der Waals surface area contributed by atoms with E-state index in [1.165, 1.54) is 32.6 Å². The average Bonchev–Trinajstić information content (AvgIpc) is 3.05. The van der Waals surface area contributed by atoms with Gasteiger partial charge in [-0.15, -0.1) is 0 Å². The van der Waals surface area contributed by atoms with Gasteiger partial charge in [-0.2, -0.15) is 5.10 Å². The van der Waals surface area contributed by atoms with Gasteiger partial charge < -0.3 is 4.74 Å². The van der Waals surface area contributed by atoms with E-state index in [1.807, 2.05) is 0 Å². The van der Waals surface area contributed by atoms with Crippen LogP contribution in [-0.4, -0.2) is 38.0 Å². The molecule has 2 aromatic rings. The maximum Gasteiger partial charge on any atom is 0.356 e. The molecule has 1 saturated carbocycles. The molecule has 0 saturated heterocycles. The number of hydrogen-bond acceptors (Lipinski definition) is 5.